The van der Waals surface area contributed by atoms with Crippen molar-refractivity contribution in [3.63, 3.8) is 0 Å². The van der Waals surface area contributed by atoms with Gasteiger partial charge in [0.15, 0.2) is 0 Å². The Balaban J connectivity index is 2.27. The van der Waals surface area contributed by atoms with Crippen molar-refractivity contribution < 1.29 is 15.0 Å². The number of benzene rings is 2. The summed E-state index contributed by atoms with van der Waals surface area (Å²) in [6.45, 7) is 4.03. The summed E-state index contributed by atoms with van der Waals surface area (Å²) >= 11 is 0. The molecule has 0 aromatic heterocycles. The maximum atomic E-state index is 11.6. The van der Waals surface area contributed by atoms with E-state index in [0.29, 0.717) is 0 Å². The highest BCUT2D eigenvalue weighted by atomic mass is 16.4. The Labute approximate surface area is 130 Å². The summed E-state index contributed by atoms with van der Waals surface area (Å²) in [4.78, 5) is 11.4. The first-order chi connectivity index (χ1) is 10.4. The van der Waals surface area contributed by atoms with Gasteiger partial charge in [-0.3, -0.25) is 4.79 Å². The van der Waals surface area contributed by atoms with Gasteiger partial charge < -0.3 is 10.2 Å². The quantitative estimate of drug-likeness (QED) is 0.913. The number of aliphatic hydroxyl groups is 1. The third-order valence-corrected chi connectivity index (χ3v) is 5.00. The Bertz CT molecular complexity index is 706. The van der Waals surface area contributed by atoms with Crippen LogP contribution in [0.25, 0.3) is 0 Å². The van der Waals surface area contributed by atoms with E-state index in [2.05, 4.69) is 0 Å². The standard InChI is InChI=1S/C19H20O3/c1-18(2)14-10-6-7-11-15(14)19(22,16(18)12-17(20)21)13-8-4-3-5-9-13/h3-11,16,22H,12H2,1-2H3,(H,20,21). The fourth-order valence-corrected chi connectivity index (χ4v) is 3.90. The number of carbonyl (C=O) groups is 1. The lowest BCUT2D eigenvalue weighted by Crippen LogP contribution is -2.40. The van der Waals surface area contributed by atoms with E-state index in [0.717, 1.165) is 16.7 Å². The largest absolute Gasteiger partial charge is 0.481 e. The highest BCUT2D eigenvalue weighted by Crippen LogP contribution is 2.56. The van der Waals surface area contributed by atoms with Crippen LogP contribution in [0.2, 0.25) is 0 Å². The van der Waals surface area contributed by atoms with Gasteiger partial charge in [-0.05, 0) is 22.1 Å². The molecule has 0 saturated carbocycles. The minimum Gasteiger partial charge on any atom is -0.481 e. The van der Waals surface area contributed by atoms with Crippen LogP contribution in [0.3, 0.4) is 0 Å². The molecule has 0 aliphatic heterocycles. The van der Waals surface area contributed by atoms with E-state index >= 15 is 0 Å². The summed E-state index contributed by atoms with van der Waals surface area (Å²) in [7, 11) is 0. The van der Waals surface area contributed by atoms with Gasteiger partial charge >= 0.3 is 5.97 Å². The first kappa shape index (κ1) is 14.8. The minimum atomic E-state index is -1.28. The molecule has 3 rings (SSSR count). The monoisotopic (exact) mass is 296 g/mol. The Morgan fingerprint density at radius 3 is 2.14 bits per heavy atom. The highest BCUT2D eigenvalue weighted by molar-refractivity contribution is 5.69. The van der Waals surface area contributed by atoms with Gasteiger partial charge in [0.1, 0.15) is 5.60 Å². The van der Waals surface area contributed by atoms with Crippen LogP contribution < -0.4 is 0 Å². The number of carboxylic acid groups (broad SMARTS) is 1. The predicted molar refractivity (Wildman–Crippen MR) is 84.7 cm³/mol. The van der Waals surface area contributed by atoms with Crippen LogP contribution in [-0.4, -0.2) is 16.2 Å². The van der Waals surface area contributed by atoms with E-state index in [1.807, 2.05) is 68.4 Å². The molecule has 1 aliphatic carbocycles. The maximum Gasteiger partial charge on any atom is 0.303 e. The first-order valence-corrected chi connectivity index (χ1v) is 7.48. The van der Waals surface area contributed by atoms with Crippen LogP contribution in [0.5, 0.6) is 0 Å². The van der Waals surface area contributed by atoms with E-state index in [1.165, 1.54) is 0 Å². The number of hydrogen-bond donors (Lipinski definition) is 2. The fraction of sp³-hybridized carbons (Fsp3) is 0.316. The number of hydrogen-bond acceptors (Lipinski definition) is 2. The minimum absolute atomic E-state index is 0.0763. The van der Waals surface area contributed by atoms with E-state index in [4.69, 9.17) is 0 Å². The van der Waals surface area contributed by atoms with Crippen LogP contribution in [0.4, 0.5) is 0 Å². The molecule has 0 amide bonds. The van der Waals surface area contributed by atoms with Gasteiger partial charge in [0.2, 0.25) is 0 Å². The number of aliphatic carboxylic acids is 1. The molecule has 114 valence electrons. The second kappa shape index (κ2) is 4.96. The van der Waals surface area contributed by atoms with E-state index in [-0.39, 0.29) is 6.42 Å². The van der Waals surface area contributed by atoms with Crippen LogP contribution in [0.1, 0.15) is 37.0 Å². The molecule has 3 nitrogen and oxygen atoms in total. The van der Waals surface area contributed by atoms with E-state index in [1.54, 1.807) is 0 Å². The van der Waals surface area contributed by atoms with Crippen molar-refractivity contribution in [3.05, 3.63) is 71.3 Å². The molecule has 0 saturated heterocycles. The second-order valence-electron chi connectivity index (χ2n) is 6.55. The van der Waals surface area contributed by atoms with Crippen molar-refractivity contribution in [3.8, 4) is 0 Å². The van der Waals surface area contributed by atoms with Gasteiger partial charge in [-0.1, -0.05) is 68.4 Å². The Kier molecular flexibility index (Phi) is 3.33. The van der Waals surface area contributed by atoms with Crippen LogP contribution in [0.15, 0.2) is 54.6 Å². The van der Waals surface area contributed by atoms with Crippen LogP contribution in [-0.2, 0) is 15.8 Å². The average molecular weight is 296 g/mol. The van der Waals surface area contributed by atoms with Gasteiger partial charge in [-0.15, -0.1) is 0 Å². The fourth-order valence-electron chi connectivity index (χ4n) is 3.90. The predicted octanol–water partition coefficient (Wildman–Crippen LogP) is 3.30. The molecule has 0 heterocycles. The van der Waals surface area contributed by atoms with Crippen LogP contribution >= 0.6 is 0 Å². The van der Waals surface area contributed by atoms with Crippen molar-refractivity contribution >= 4 is 5.97 Å². The molecule has 2 atom stereocenters. The van der Waals surface area contributed by atoms with Gasteiger partial charge in [0.05, 0.1) is 6.42 Å². The SMILES string of the molecule is CC1(C)c2ccccc2C(O)(c2ccccc2)C1CC(=O)O. The zero-order valence-corrected chi connectivity index (χ0v) is 12.8. The summed E-state index contributed by atoms with van der Waals surface area (Å²) in [6.07, 6.45) is -0.0763. The lowest BCUT2D eigenvalue weighted by atomic mass is 9.70. The lowest BCUT2D eigenvalue weighted by Gasteiger charge is -2.36. The second-order valence-corrected chi connectivity index (χ2v) is 6.55. The third-order valence-electron chi connectivity index (χ3n) is 5.00. The summed E-state index contributed by atoms with van der Waals surface area (Å²) in [5, 5.41) is 20.9. The molecule has 0 radical (unpaired) electrons. The molecule has 0 fully saturated rings. The molecule has 2 aromatic carbocycles. The maximum absolute atomic E-state index is 11.6. The Morgan fingerprint density at radius 2 is 1.55 bits per heavy atom. The summed E-state index contributed by atoms with van der Waals surface area (Å²) in [5.74, 6) is -1.31. The zero-order valence-electron chi connectivity index (χ0n) is 12.8. The smallest absolute Gasteiger partial charge is 0.303 e. The average Bonchev–Trinajstić information content (AvgIpc) is 2.68. The van der Waals surface area contributed by atoms with Crippen molar-refractivity contribution in [2.45, 2.75) is 31.3 Å². The molecule has 0 bridgehead atoms. The van der Waals surface area contributed by atoms with Gasteiger partial charge in [-0.25, -0.2) is 0 Å². The topological polar surface area (TPSA) is 57.5 Å². The Morgan fingerprint density at radius 1 is 1.00 bits per heavy atom. The molecular weight excluding hydrogens is 276 g/mol. The van der Waals surface area contributed by atoms with E-state index < -0.39 is 22.9 Å². The van der Waals surface area contributed by atoms with Gasteiger partial charge in [0.25, 0.3) is 0 Å². The van der Waals surface area contributed by atoms with Crippen molar-refractivity contribution in [2.75, 3.05) is 0 Å². The Hall–Kier alpha value is -2.13. The molecule has 2 N–H and O–H groups in total. The molecular formula is C19H20O3. The lowest BCUT2D eigenvalue weighted by molar-refractivity contribution is -0.141. The first-order valence-electron chi connectivity index (χ1n) is 7.48. The van der Waals surface area contributed by atoms with Crippen LogP contribution in [0, 0.1) is 5.92 Å². The van der Waals surface area contributed by atoms with Gasteiger partial charge in [-0.2, -0.15) is 0 Å². The summed E-state index contributed by atoms with van der Waals surface area (Å²) in [5.41, 5.74) is 0.892. The van der Waals surface area contributed by atoms with Crippen molar-refractivity contribution in [1.29, 1.82) is 0 Å². The zero-order chi connectivity index (χ0) is 16.0. The number of rotatable bonds is 3. The van der Waals surface area contributed by atoms with Gasteiger partial charge in [0, 0.05) is 5.92 Å². The molecule has 2 aromatic rings. The molecule has 22 heavy (non-hydrogen) atoms. The third kappa shape index (κ3) is 1.97. The van der Waals surface area contributed by atoms with E-state index in [9.17, 15) is 15.0 Å². The molecule has 0 spiro atoms. The molecule has 3 heteroatoms. The molecule has 1 aliphatic rings. The normalized spacial score (nSPS) is 25.7. The number of fused-ring (bicyclic) bond motifs is 1. The molecule has 2 unspecified atom stereocenters. The number of carboxylic acids is 1. The van der Waals surface area contributed by atoms with Crippen molar-refractivity contribution in [2.24, 2.45) is 5.92 Å². The summed E-state index contributed by atoms with van der Waals surface area (Å²) < 4.78 is 0. The summed E-state index contributed by atoms with van der Waals surface area (Å²) in [6, 6.07) is 17.1. The van der Waals surface area contributed by atoms with Crippen molar-refractivity contribution in [1.82, 2.24) is 0 Å². The highest BCUT2D eigenvalue weighted by Gasteiger charge is 2.56.